The Hall–Kier alpha value is -2.11. The third kappa shape index (κ3) is 6.18. The van der Waals surface area contributed by atoms with E-state index >= 15 is 0 Å². The van der Waals surface area contributed by atoms with E-state index in [0.29, 0.717) is 10.6 Å². The van der Waals surface area contributed by atoms with Gasteiger partial charge in [0.2, 0.25) is 11.8 Å². The van der Waals surface area contributed by atoms with E-state index in [4.69, 9.17) is 23.2 Å². The van der Waals surface area contributed by atoms with Gasteiger partial charge in [-0.05, 0) is 44.0 Å². The molecule has 156 valence electrons. The molecule has 0 saturated heterocycles. The van der Waals surface area contributed by atoms with Crippen molar-refractivity contribution in [1.29, 1.82) is 0 Å². The lowest BCUT2D eigenvalue weighted by Crippen LogP contribution is -2.50. The highest BCUT2D eigenvalue weighted by Gasteiger charge is 2.28. The van der Waals surface area contributed by atoms with Gasteiger partial charge in [0, 0.05) is 28.2 Å². The second kappa shape index (κ2) is 10.6. The maximum atomic E-state index is 14.2. The molecule has 0 aliphatic carbocycles. The Kier molecular flexibility index (Phi) is 8.47. The van der Waals surface area contributed by atoms with Gasteiger partial charge in [-0.2, -0.15) is 0 Å². The van der Waals surface area contributed by atoms with Crippen LogP contribution in [-0.2, 0) is 22.6 Å². The Labute approximate surface area is 181 Å². The predicted molar refractivity (Wildman–Crippen MR) is 114 cm³/mol. The van der Waals surface area contributed by atoms with Crippen molar-refractivity contribution in [3.05, 3.63) is 69.5 Å². The van der Waals surface area contributed by atoms with Crippen molar-refractivity contribution >= 4 is 35.0 Å². The Morgan fingerprint density at radius 2 is 1.72 bits per heavy atom. The fourth-order valence-corrected chi connectivity index (χ4v) is 3.24. The fraction of sp³-hybridized carbons (Fsp3) is 0.364. The molecule has 2 aromatic rings. The van der Waals surface area contributed by atoms with Gasteiger partial charge < -0.3 is 10.2 Å². The zero-order valence-corrected chi connectivity index (χ0v) is 18.2. The molecule has 7 heteroatoms. The quantitative estimate of drug-likeness (QED) is 0.629. The van der Waals surface area contributed by atoms with Crippen LogP contribution in [0.25, 0.3) is 0 Å². The molecule has 29 heavy (non-hydrogen) atoms. The monoisotopic (exact) mass is 438 g/mol. The Morgan fingerprint density at radius 1 is 1.07 bits per heavy atom. The lowest BCUT2D eigenvalue weighted by atomic mass is 10.1. The van der Waals surface area contributed by atoms with Crippen molar-refractivity contribution in [2.75, 3.05) is 0 Å². The third-order valence-corrected chi connectivity index (χ3v) is 5.58. The van der Waals surface area contributed by atoms with Crippen molar-refractivity contribution in [2.45, 2.75) is 52.2 Å². The minimum absolute atomic E-state index is 0.0248. The second-order valence-corrected chi connectivity index (χ2v) is 7.80. The lowest BCUT2D eigenvalue weighted by Gasteiger charge is -2.30. The van der Waals surface area contributed by atoms with Crippen LogP contribution in [0.15, 0.2) is 42.5 Å². The number of carbonyl (C=O) groups excluding carboxylic acids is 2. The van der Waals surface area contributed by atoms with Gasteiger partial charge in [-0.15, -0.1) is 0 Å². The molecule has 0 bridgehead atoms. The van der Waals surface area contributed by atoms with Gasteiger partial charge in [0.25, 0.3) is 0 Å². The number of hydrogen-bond acceptors (Lipinski definition) is 2. The minimum atomic E-state index is -0.765. The second-order valence-electron chi connectivity index (χ2n) is 6.98. The molecule has 2 atom stereocenters. The SMILES string of the molecule is CC[C@H](C)NC(=O)[C@@H](C)N(Cc1ccccc1Cl)C(=O)Cc1c(F)cccc1Cl. The van der Waals surface area contributed by atoms with E-state index in [9.17, 15) is 14.0 Å². The molecule has 0 unspecified atom stereocenters. The van der Waals surface area contributed by atoms with Crippen molar-refractivity contribution in [1.82, 2.24) is 10.2 Å². The van der Waals surface area contributed by atoms with E-state index in [0.717, 1.165) is 6.42 Å². The number of nitrogens with zero attached hydrogens (tertiary/aromatic N) is 1. The molecular weight excluding hydrogens is 414 g/mol. The molecule has 2 aromatic carbocycles. The highest BCUT2D eigenvalue weighted by atomic mass is 35.5. The smallest absolute Gasteiger partial charge is 0.242 e. The molecule has 0 saturated carbocycles. The van der Waals surface area contributed by atoms with E-state index in [2.05, 4.69) is 5.32 Å². The number of benzene rings is 2. The third-order valence-electron chi connectivity index (χ3n) is 4.86. The van der Waals surface area contributed by atoms with Crippen LogP contribution in [0.2, 0.25) is 10.0 Å². The van der Waals surface area contributed by atoms with Crippen molar-refractivity contribution in [3.63, 3.8) is 0 Å². The van der Waals surface area contributed by atoms with Crippen LogP contribution in [0.1, 0.15) is 38.3 Å². The maximum absolute atomic E-state index is 14.2. The first kappa shape index (κ1) is 23.2. The largest absolute Gasteiger partial charge is 0.352 e. The van der Waals surface area contributed by atoms with Gasteiger partial charge >= 0.3 is 0 Å². The topological polar surface area (TPSA) is 49.4 Å². The van der Waals surface area contributed by atoms with E-state index in [1.807, 2.05) is 19.9 Å². The zero-order chi connectivity index (χ0) is 21.6. The van der Waals surface area contributed by atoms with Crippen LogP contribution in [-0.4, -0.2) is 28.8 Å². The summed E-state index contributed by atoms with van der Waals surface area (Å²) in [5.41, 5.74) is 0.809. The van der Waals surface area contributed by atoms with E-state index in [1.54, 1.807) is 25.1 Å². The van der Waals surface area contributed by atoms with E-state index < -0.39 is 17.8 Å². The van der Waals surface area contributed by atoms with E-state index in [-0.39, 0.29) is 35.5 Å². The highest BCUT2D eigenvalue weighted by Crippen LogP contribution is 2.23. The Bertz CT molecular complexity index is 855. The summed E-state index contributed by atoms with van der Waals surface area (Å²) in [6.45, 7) is 5.63. The first-order valence-electron chi connectivity index (χ1n) is 9.50. The van der Waals surface area contributed by atoms with Crippen molar-refractivity contribution in [3.8, 4) is 0 Å². The first-order chi connectivity index (χ1) is 13.7. The molecule has 0 aromatic heterocycles. The van der Waals surface area contributed by atoms with Crippen LogP contribution < -0.4 is 5.32 Å². The van der Waals surface area contributed by atoms with Crippen LogP contribution >= 0.6 is 23.2 Å². The van der Waals surface area contributed by atoms with Crippen molar-refractivity contribution in [2.24, 2.45) is 0 Å². The van der Waals surface area contributed by atoms with Crippen LogP contribution in [0.4, 0.5) is 4.39 Å². The Morgan fingerprint density at radius 3 is 2.34 bits per heavy atom. The molecule has 0 radical (unpaired) electrons. The van der Waals surface area contributed by atoms with Crippen LogP contribution in [0.3, 0.4) is 0 Å². The van der Waals surface area contributed by atoms with Crippen LogP contribution in [0, 0.1) is 5.82 Å². The lowest BCUT2D eigenvalue weighted by molar-refractivity contribution is -0.140. The normalized spacial score (nSPS) is 12.9. The number of hydrogen-bond donors (Lipinski definition) is 1. The first-order valence-corrected chi connectivity index (χ1v) is 10.3. The van der Waals surface area contributed by atoms with Gasteiger partial charge in [-0.1, -0.05) is 54.4 Å². The minimum Gasteiger partial charge on any atom is -0.352 e. The number of amides is 2. The summed E-state index contributed by atoms with van der Waals surface area (Å²) in [5, 5.41) is 3.55. The molecule has 1 N–H and O–H groups in total. The number of halogens is 3. The van der Waals surface area contributed by atoms with Gasteiger partial charge in [0.1, 0.15) is 11.9 Å². The highest BCUT2D eigenvalue weighted by molar-refractivity contribution is 6.31. The van der Waals surface area contributed by atoms with E-state index in [1.165, 1.54) is 23.1 Å². The number of nitrogens with one attached hydrogen (secondary N) is 1. The predicted octanol–water partition coefficient (Wildman–Crippen LogP) is 5.01. The average molecular weight is 439 g/mol. The molecular formula is C22H25Cl2FN2O2. The fourth-order valence-electron chi connectivity index (χ4n) is 2.81. The Balaban J connectivity index is 2.31. The molecule has 0 aliphatic heterocycles. The summed E-state index contributed by atoms with van der Waals surface area (Å²) >= 11 is 12.3. The summed E-state index contributed by atoms with van der Waals surface area (Å²) < 4.78 is 14.2. The summed E-state index contributed by atoms with van der Waals surface area (Å²) in [6.07, 6.45) is 0.513. The molecule has 0 aliphatic rings. The van der Waals surface area contributed by atoms with Gasteiger partial charge in [-0.3, -0.25) is 9.59 Å². The molecule has 2 rings (SSSR count). The molecule has 0 heterocycles. The summed E-state index contributed by atoms with van der Waals surface area (Å²) in [6, 6.07) is 10.6. The zero-order valence-electron chi connectivity index (χ0n) is 16.7. The molecule has 4 nitrogen and oxygen atoms in total. The van der Waals surface area contributed by atoms with Crippen LogP contribution in [0.5, 0.6) is 0 Å². The van der Waals surface area contributed by atoms with Crippen molar-refractivity contribution < 1.29 is 14.0 Å². The number of rotatable bonds is 8. The summed E-state index contributed by atoms with van der Waals surface area (Å²) in [4.78, 5) is 27.2. The number of carbonyl (C=O) groups is 2. The molecule has 0 spiro atoms. The summed E-state index contributed by atoms with van der Waals surface area (Å²) in [5.74, 6) is -1.25. The molecule has 2 amide bonds. The standard InChI is InChI=1S/C22H25Cl2FN2O2/c1-4-14(2)26-22(29)15(3)27(13-16-8-5-6-9-18(16)23)21(28)12-17-19(24)10-7-11-20(17)25/h5-11,14-15H,4,12-13H2,1-3H3,(H,26,29)/t14-,15+/m0/s1. The molecule has 0 fully saturated rings. The van der Waals surface area contributed by atoms with Gasteiger partial charge in [-0.25, -0.2) is 4.39 Å². The average Bonchev–Trinajstić information content (AvgIpc) is 2.69. The van der Waals surface area contributed by atoms with Gasteiger partial charge in [0.05, 0.1) is 6.42 Å². The summed E-state index contributed by atoms with van der Waals surface area (Å²) in [7, 11) is 0. The maximum Gasteiger partial charge on any atom is 0.242 e. The van der Waals surface area contributed by atoms with Gasteiger partial charge in [0.15, 0.2) is 0 Å².